The highest BCUT2D eigenvalue weighted by Gasteiger charge is 2.25. The van der Waals surface area contributed by atoms with Gasteiger partial charge in [-0.2, -0.15) is 13.2 Å². The molecule has 2 N–H and O–H groups in total. The van der Waals surface area contributed by atoms with Crippen LogP contribution in [0.5, 0.6) is 5.75 Å². The number of hydrogen-bond acceptors (Lipinski definition) is 2. The molecule has 0 radical (unpaired) electrons. The summed E-state index contributed by atoms with van der Waals surface area (Å²) in [6, 6.07) is 6.02. The number of nitrogens with zero attached hydrogens (tertiary/aromatic N) is 1. The fourth-order valence-electron chi connectivity index (χ4n) is 2.30. The fraction of sp³-hybridized carbons (Fsp3) is 0.588. The maximum absolute atomic E-state index is 12.1. The molecule has 0 bridgehead atoms. The number of nitrogens with one attached hydrogen (secondary N) is 2. The van der Waals surface area contributed by atoms with Gasteiger partial charge in [0.05, 0.1) is 7.11 Å². The van der Waals surface area contributed by atoms with Crippen molar-refractivity contribution in [2.45, 2.75) is 38.8 Å². The number of aryl methyl sites for hydroxylation is 1. The second kappa shape index (κ2) is 12.2. The lowest BCUT2D eigenvalue weighted by Gasteiger charge is -2.13. The minimum Gasteiger partial charge on any atom is -0.496 e. The predicted octanol–water partition coefficient (Wildman–Crippen LogP) is 4.06. The van der Waals surface area contributed by atoms with Gasteiger partial charge in [-0.05, 0) is 37.8 Å². The average molecular weight is 473 g/mol. The van der Waals surface area contributed by atoms with E-state index in [0.29, 0.717) is 25.5 Å². The Bertz CT molecular complexity index is 536. The molecule has 144 valence electrons. The molecule has 0 aliphatic carbocycles. The van der Waals surface area contributed by atoms with Crippen molar-refractivity contribution in [1.29, 1.82) is 0 Å². The highest BCUT2D eigenvalue weighted by Crippen LogP contribution is 2.22. The highest BCUT2D eigenvalue weighted by molar-refractivity contribution is 14.0. The molecule has 0 aromatic heterocycles. The van der Waals surface area contributed by atoms with Gasteiger partial charge in [-0.15, -0.1) is 24.0 Å². The Morgan fingerprint density at radius 1 is 1.16 bits per heavy atom. The number of guanidine groups is 1. The van der Waals surface area contributed by atoms with Gasteiger partial charge in [-0.25, -0.2) is 0 Å². The first-order chi connectivity index (χ1) is 11.4. The van der Waals surface area contributed by atoms with E-state index in [1.807, 2.05) is 19.1 Å². The number of benzene rings is 1. The van der Waals surface area contributed by atoms with Crippen molar-refractivity contribution < 1.29 is 17.9 Å². The number of rotatable bonds is 8. The Labute approximate surface area is 164 Å². The zero-order chi connectivity index (χ0) is 18.0. The Kier molecular flexibility index (Phi) is 11.6. The first-order valence-electron chi connectivity index (χ1n) is 8.00. The van der Waals surface area contributed by atoms with Crippen molar-refractivity contribution in [3.8, 4) is 5.75 Å². The molecular weight excluding hydrogens is 446 g/mol. The van der Waals surface area contributed by atoms with E-state index in [2.05, 4.69) is 21.7 Å². The predicted molar refractivity (Wildman–Crippen MR) is 106 cm³/mol. The number of alkyl halides is 3. The van der Waals surface area contributed by atoms with Crippen LogP contribution in [0.25, 0.3) is 0 Å². The monoisotopic (exact) mass is 473 g/mol. The van der Waals surface area contributed by atoms with Crippen molar-refractivity contribution in [3.63, 3.8) is 0 Å². The molecule has 1 rings (SSSR count). The van der Waals surface area contributed by atoms with Crippen LogP contribution in [0.15, 0.2) is 23.2 Å². The second-order valence-electron chi connectivity index (χ2n) is 5.56. The van der Waals surface area contributed by atoms with Crippen LogP contribution in [-0.4, -0.2) is 39.4 Å². The molecule has 0 spiro atoms. The van der Waals surface area contributed by atoms with Crippen molar-refractivity contribution in [3.05, 3.63) is 29.3 Å². The quantitative estimate of drug-likeness (QED) is 0.259. The Balaban J connectivity index is 0.00000576. The van der Waals surface area contributed by atoms with Gasteiger partial charge in [0.15, 0.2) is 5.96 Å². The normalized spacial score (nSPS) is 11.7. The molecule has 1 aromatic rings. The lowest BCUT2D eigenvalue weighted by molar-refractivity contribution is -0.135. The summed E-state index contributed by atoms with van der Waals surface area (Å²) < 4.78 is 41.5. The van der Waals surface area contributed by atoms with Crippen LogP contribution in [0.2, 0.25) is 0 Å². The molecule has 0 amide bonds. The molecule has 4 nitrogen and oxygen atoms in total. The number of halogens is 4. The van der Waals surface area contributed by atoms with Crippen LogP contribution in [0, 0.1) is 6.92 Å². The zero-order valence-electron chi connectivity index (χ0n) is 14.9. The van der Waals surface area contributed by atoms with Crippen LogP contribution in [0.3, 0.4) is 0 Å². The highest BCUT2D eigenvalue weighted by atomic mass is 127. The summed E-state index contributed by atoms with van der Waals surface area (Å²) in [6.45, 7) is 3.14. The Morgan fingerprint density at radius 2 is 1.84 bits per heavy atom. The minimum absolute atomic E-state index is 0. The largest absolute Gasteiger partial charge is 0.496 e. The lowest BCUT2D eigenvalue weighted by Crippen LogP contribution is -2.38. The van der Waals surface area contributed by atoms with Crippen LogP contribution in [-0.2, 0) is 6.42 Å². The summed E-state index contributed by atoms with van der Waals surface area (Å²) in [5.74, 6) is 1.44. The van der Waals surface area contributed by atoms with Crippen molar-refractivity contribution in [2.24, 2.45) is 4.99 Å². The van der Waals surface area contributed by atoms with Gasteiger partial charge >= 0.3 is 6.18 Å². The van der Waals surface area contributed by atoms with Gasteiger partial charge in [0.25, 0.3) is 0 Å². The number of methoxy groups -OCH3 is 1. The lowest BCUT2D eigenvalue weighted by atomic mass is 10.1. The van der Waals surface area contributed by atoms with Crippen LogP contribution < -0.4 is 15.4 Å². The number of ether oxygens (including phenoxy) is 1. The number of unbranched alkanes of at least 4 members (excludes halogenated alkanes) is 1. The van der Waals surface area contributed by atoms with E-state index in [4.69, 9.17) is 4.74 Å². The van der Waals surface area contributed by atoms with Gasteiger partial charge in [-0.3, -0.25) is 4.99 Å². The van der Waals surface area contributed by atoms with Gasteiger partial charge in [0.1, 0.15) is 5.75 Å². The summed E-state index contributed by atoms with van der Waals surface area (Å²) >= 11 is 0. The standard InChI is InChI=1S/C17H26F3N3O.HI/c1-13-6-7-15(24-3)14(12-13)8-11-23-16(21-2)22-10-5-4-9-17(18,19)20;/h6-7,12H,4-5,8-11H2,1-3H3,(H2,21,22,23);1H. The van der Waals surface area contributed by atoms with E-state index in [1.54, 1.807) is 14.2 Å². The van der Waals surface area contributed by atoms with E-state index >= 15 is 0 Å². The Hall–Kier alpha value is -1.19. The molecule has 0 fully saturated rings. The summed E-state index contributed by atoms with van der Waals surface area (Å²) in [5, 5.41) is 6.18. The molecular formula is C17H27F3IN3O. The zero-order valence-corrected chi connectivity index (χ0v) is 17.2. The van der Waals surface area contributed by atoms with Gasteiger partial charge in [-0.1, -0.05) is 17.7 Å². The minimum atomic E-state index is -4.08. The molecule has 0 saturated carbocycles. The SMILES string of the molecule is CN=C(NCCCCC(F)(F)F)NCCc1cc(C)ccc1OC.I. The first kappa shape index (κ1) is 23.8. The van der Waals surface area contributed by atoms with Crippen molar-refractivity contribution in [2.75, 3.05) is 27.2 Å². The van der Waals surface area contributed by atoms with Crippen molar-refractivity contribution >= 4 is 29.9 Å². The van der Waals surface area contributed by atoms with Gasteiger partial charge in [0, 0.05) is 26.6 Å². The van der Waals surface area contributed by atoms with E-state index in [1.165, 1.54) is 0 Å². The molecule has 0 aliphatic rings. The molecule has 0 saturated heterocycles. The third-order valence-corrected chi connectivity index (χ3v) is 3.53. The summed E-state index contributed by atoms with van der Waals surface area (Å²) in [4.78, 5) is 4.07. The van der Waals surface area contributed by atoms with Gasteiger partial charge in [0.2, 0.25) is 0 Å². The number of aliphatic imine (C=N–C) groups is 1. The molecule has 0 aliphatic heterocycles. The fourth-order valence-corrected chi connectivity index (χ4v) is 2.30. The average Bonchev–Trinajstić information content (AvgIpc) is 2.52. The summed E-state index contributed by atoms with van der Waals surface area (Å²) in [7, 11) is 3.28. The molecule has 0 unspecified atom stereocenters. The van der Waals surface area contributed by atoms with E-state index in [-0.39, 0.29) is 30.4 Å². The third-order valence-electron chi connectivity index (χ3n) is 3.53. The van der Waals surface area contributed by atoms with E-state index in [0.717, 1.165) is 23.3 Å². The molecule has 8 heteroatoms. The number of hydrogen-bond donors (Lipinski definition) is 2. The van der Waals surface area contributed by atoms with E-state index in [9.17, 15) is 13.2 Å². The molecule has 0 heterocycles. The van der Waals surface area contributed by atoms with Crippen molar-refractivity contribution in [1.82, 2.24) is 10.6 Å². The second-order valence-corrected chi connectivity index (χ2v) is 5.56. The maximum atomic E-state index is 12.1. The smallest absolute Gasteiger partial charge is 0.389 e. The topological polar surface area (TPSA) is 45.7 Å². The molecule has 25 heavy (non-hydrogen) atoms. The van der Waals surface area contributed by atoms with Crippen LogP contribution in [0.4, 0.5) is 13.2 Å². The molecule has 0 atom stereocenters. The Morgan fingerprint density at radius 3 is 2.44 bits per heavy atom. The summed E-state index contributed by atoms with van der Waals surface area (Å²) in [5.41, 5.74) is 2.27. The van der Waals surface area contributed by atoms with Gasteiger partial charge < -0.3 is 15.4 Å². The van der Waals surface area contributed by atoms with Crippen LogP contribution >= 0.6 is 24.0 Å². The van der Waals surface area contributed by atoms with Crippen LogP contribution in [0.1, 0.15) is 30.4 Å². The summed E-state index contributed by atoms with van der Waals surface area (Å²) in [6.07, 6.45) is -3.49. The van der Waals surface area contributed by atoms with E-state index < -0.39 is 12.6 Å². The first-order valence-corrected chi connectivity index (χ1v) is 8.00. The third kappa shape index (κ3) is 10.4. The molecule has 1 aromatic carbocycles. The maximum Gasteiger partial charge on any atom is 0.389 e.